The van der Waals surface area contributed by atoms with Crippen molar-refractivity contribution in [2.45, 2.75) is 52.7 Å². The minimum Gasteiger partial charge on any atom is -0.492 e. The number of nitrogens with zero attached hydrogens (tertiary/aromatic N) is 4. The molecule has 3 aromatic rings. The van der Waals surface area contributed by atoms with E-state index in [1.165, 1.54) is 11.8 Å². The average Bonchev–Trinajstić information content (AvgIpc) is 3.39. The molecule has 43 heavy (non-hydrogen) atoms. The molecule has 2 amide bonds. The van der Waals surface area contributed by atoms with Crippen molar-refractivity contribution < 1.29 is 23.8 Å². The zero-order valence-corrected chi connectivity index (χ0v) is 26.4. The maximum Gasteiger partial charge on any atom is 0.260 e. The zero-order valence-electron chi connectivity index (χ0n) is 25.6. The van der Waals surface area contributed by atoms with Gasteiger partial charge in [-0.05, 0) is 70.2 Å². The van der Waals surface area contributed by atoms with E-state index in [4.69, 9.17) is 19.3 Å². The summed E-state index contributed by atoms with van der Waals surface area (Å²) >= 11 is 1.52. The van der Waals surface area contributed by atoms with Crippen LogP contribution >= 0.6 is 11.8 Å². The number of benzene rings is 2. The molecule has 12 heteroatoms. The Bertz CT molecular complexity index is 1470. The Morgan fingerprint density at radius 2 is 1.70 bits per heavy atom. The van der Waals surface area contributed by atoms with Crippen LogP contribution in [0.25, 0.3) is 0 Å². The van der Waals surface area contributed by atoms with Crippen LogP contribution in [0.3, 0.4) is 0 Å². The second kappa shape index (κ2) is 14.8. The number of rotatable bonds is 14. The predicted molar refractivity (Wildman–Crippen MR) is 168 cm³/mol. The van der Waals surface area contributed by atoms with Gasteiger partial charge < -0.3 is 29.7 Å². The van der Waals surface area contributed by atoms with Crippen LogP contribution in [0.5, 0.6) is 17.2 Å². The van der Waals surface area contributed by atoms with Crippen LogP contribution in [0.4, 0.5) is 11.6 Å². The molecule has 1 aliphatic rings. The van der Waals surface area contributed by atoms with Crippen molar-refractivity contribution in [2.75, 3.05) is 49.3 Å². The van der Waals surface area contributed by atoms with Gasteiger partial charge in [0.05, 0.1) is 24.5 Å². The number of para-hydroxylation sites is 2. The molecule has 1 aromatic heterocycles. The highest BCUT2D eigenvalue weighted by molar-refractivity contribution is 7.99. The molecule has 1 unspecified atom stereocenters. The summed E-state index contributed by atoms with van der Waals surface area (Å²) in [5, 5.41) is 11.7. The van der Waals surface area contributed by atoms with Crippen molar-refractivity contribution in [3.05, 3.63) is 59.3 Å². The van der Waals surface area contributed by atoms with E-state index < -0.39 is 6.04 Å². The number of aromatic nitrogens is 3. The van der Waals surface area contributed by atoms with Gasteiger partial charge in [0.15, 0.2) is 18.1 Å². The number of amides is 2. The lowest BCUT2D eigenvalue weighted by atomic mass is 9.94. The second-order valence-electron chi connectivity index (χ2n) is 9.54. The molecule has 0 spiro atoms. The SMILES string of the molecule is CCOc1ccccc1NC(=O)C1=C(C)Nc2nc(SCC)nn2C1c1ccc(OCC(=O)N(CC)CC)c(OCC)c1. The molecule has 2 heterocycles. The van der Waals surface area contributed by atoms with E-state index in [9.17, 15) is 9.59 Å². The number of fused-ring (bicyclic) bond motifs is 1. The monoisotopic (exact) mass is 608 g/mol. The molecule has 0 saturated carbocycles. The first-order valence-corrected chi connectivity index (χ1v) is 15.6. The normalized spacial score (nSPS) is 14.0. The van der Waals surface area contributed by atoms with Gasteiger partial charge in [0, 0.05) is 18.8 Å². The van der Waals surface area contributed by atoms with Crippen molar-refractivity contribution >= 4 is 35.2 Å². The van der Waals surface area contributed by atoms with Crippen LogP contribution in [-0.4, -0.2) is 70.1 Å². The van der Waals surface area contributed by atoms with Gasteiger partial charge in [-0.15, -0.1) is 5.10 Å². The van der Waals surface area contributed by atoms with Crippen molar-refractivity contribution in [2.24, 2.45) is 0 Å². The number of anilines is 2. The topological polar surface area (TPSA) is 120 Å². The molecular weight excluding hydrogens is 568 g/mol. The fourth-order valence-electron chi connectivity index (χ4n) is 4.85. The summed E-state index contributed by atoms with van der Waals surface area (Å²) in [6, 6.07) is 12.2. The van der Waals surface area contributed by atoms with Crippen LogP contribution in [0.1, 0.15) is 53.1 Å². The first-order valence-electron chi connectivity index (χ1n) is 14.6. The van der Waals surface area contributed by atoms with Crippen LogP contribution < -0.4 is 24.8 Å². The fraction of sp³-hybridized carbons (Fsp3) is 0.419. The summed E-state index contributed by atoms with van der Waals surface area (Å²) in [6.07, 6.45) is 0. The minimum absolute atomic E-state index is 0.104. The zero-order chi connectivity index (χ0) is 30.9. The van der Waals surface area contributed by atoms with Crippen molar-refractivity contribution in [3.8, 4) is 17.2 Å². The number of ether oxygens (including phenoxy) is 3. The van der Waals surface area contributed by atoms with E-state index in [1.807, 2.05) is 71.9 Å². The highest BCUT2D eigenvalue weighted by atomic mass is 32.2. The van der Waals surface area contributed by atoms with Crippen molar-refractivity contribution in [1.29, 1.82) is 0 Å². The van der Waals surface area contributed by atoms with Crippen molar-refractivity contribution in [3.63, 3.8) is 0 Å². The Hall–Kier alpha value is -4.19. The molecule has 0 radical (unpaired) electrons. The lowest BCUT2D eigenvalue weighted by Crippen LogP contribution is -2.34. The van der Waals surface area contributed by atoms with E-state index >= 15 is 0 Å². The summed E-state index contributed by atoms with van der Waals surface area (Å²) in [5.74, 6) is 2.42. The average molecular weight is 609 g/mol. The Balaban J connectivity index is 1.74. The smallest absolute Gasteiger partial charge is 0.260 e. The third kappa shape index (κ3) is 7.24. The van der Waals surface area contributed by atoms with E-state index in [-0.39, 0.29) is 18.4 Å². The second-order valence-corrected chi connectivity index (χ2v) is 10.8. The number of carbonyl (C=O) groups is 2. The molecule has 0 saturated heterocycles. The summed E-state index contributed by atoms with van der Waals surface area (Å²) < 4.78 is 19.3. The molecule has 0 bridgehead atoms. The van der Waals surface area contributed by atoms with Crippen LogP contribution in [0.15, 0.2) is 58.9 Å². The van der Waals surface area contributed by atoms with Gasteiger partial charge in [-0.25, -0.2) is 4.68 Å². The number of thioether (sulfide) groups is 1. The summed E-state index contributed by atoms with van der Waals surface area (Å²) in [4.78, 5) is 33.0. The summed E-state index contributed by atoms with van der Waals surface area (Å²) in [7, 11) is 0. The van der Waals surface area contributed by atoms with Gasteiger partial charge in [-0.3, -0.25) is 9.59 Å². The maximum absolute atomic E-state index is 14.0. The van der Waals surface area contributed by atoms with Crippen molar-refractivity contribution in [1.82, 2.24) is 19.7 Å². The number of hydrogen-bond donors (Lipinski definition) is 2. The Morgan fingerprint density at radius 3 is 2.40 bits per heavy atom. The molecule has 0 fully saturated rings. The Labute approximate surface area is 257 Å². The molecule has 11 nitrogen and oxygen atoms in total. The number of nitrogens with one attached hydrogen (secondary N) is 2. The van der Waals surface area contributed by atoms with Gasteiger partial charge in [-0.2, -0.15) is 4.98 Å². The van der Waals surface area contributed by atoms with Crippen LogP contribution in [-0.2, 0) is 9.59 Å². The maximum atomic E-state index is 14.0. The molecule has 1 aliphatic heterocycles. The quantitative estimate of drug-likeness (QED) is 0.233. The van der Waals surface area contributed by atoms with Crippen LogP contribution in [0.2, 0.25) is 0 Å². The first kappa shape index (κ1) is 31.7. The summed E-state index contributed by atoms with van der Waals surface area (Å²) in [5.41, 5.74) is 2.42. The summed E-state index contributed by atoms with van der Waals surface area (Å²) in [6.45, 7) is 13.5. The molecule has 2 N–H and O–H groups in total. The fourth-order valence-corrected chi connectivity index (χ4v) is 5.41. The van der Waals surface area contributed by atoms with Gasteiger partial charge in [0.2, 0.25) is 11.1 Å². The Morgan fingerprint density at radius 1 is 0.977 bits per heavy atom. The molecule has 0 aliphatic carbocycles. The molecule has 4 rings (SSSR count). The predicted octanol–water partition coefficient (Wildman–Crippen LogP) is 5.36. The van der Waals surface area contributed by atoms with E-state index in [0.717, 1.165) is 11.3 Å². The highest BCUT2D eigenvalue weighted by Crippen LogP contribution is 2.40. The number of allylic oxidation sites excluding steroid dienone is 1. The van der Waals surface area contributed by atoms with Gasteiger partial charge in [-0.1, -0.05) is 36.9 Å². The van der Waals surface area contributed by atoms with Crippen LogP contribution in [0, 0.1) is 0 Å². The van der Waals surface area contributed by atoms with Gasteiger partial charge in [0.1, 0.15) is 11.8 Å². The molecule has 1 atom stereocenters. The number of carbonyl (C=O) groups excluding carboxylic acids is 2. The third-order valence-corrected chi connectivity index (χ3v) is 7.56. The number of hydrogen-bond acceptors (Lipinski definition) is 9. The first-order chi connectivity index (χ1) is 20.8. The number of likely N-dealkylation sites (N-methyl/N-ethyl adjacent to an activating group) is 1. The largest absolute Gasteiger partial charge is 0.492 e. The van der Waals surface area contributed by atoms with E-state index in [2.05, 4.69) is 15.6 Å². The third-order valence-electron chi connectivity index (χ3n) is 6.84. The molecular formula is C31H40N6O5S. The molecule has 230 valence electrons. The Kier molecular flexibility index (Phi) is 10.9. The van der Waals surface area contributed by atoms with E-state index in [1.54, 1.807) is 21.7 Å². The highest BCUT2D eigenvalue weighted by Gasteiger charge is 2.35. The standard InChI is InChI=1S/C31H40N6O5S/c1-7-36(8-2)26(38)19-42-24-17-16-21(18-25(24)41-10-4)28-27(20(6)32-30-34-31(43-11-5)35-37(28)30)29(39)33-22-14-12-13-15-23(22)40-9-3/h12-18,28H,7-11,19H2,1-6H3,(H,33,39)(H,32,34,35). The minimum atomic E-state index is -0.625. The lowest BCUT2D eigenvalue weighted by Gasteiger charge is -2.29. The van der Waals surface area contributed by atoms with Gasteiger partial charge >= 0.3 is 0 Å². The van der Waals surface area contributed by atoms with E-state index in [0.29, 0.717) is 71.6 Å². The van der Waals surface area contributed by atoms with Gasteiger partial charge in [0.25, 0.3) is 11.8 Å². The lowest BCUT2D eigenvalue weighted by molar-refractivity contribution is -0.133. The molecule has 2 aromatic carbocycles.